The van der Waals surface area contributed by atoms with Gasteiger partial charge in [-0.25, -0.2) is 8.42 Å². The number of amides is 1. The van der Waals surface area contributed by atoms with E-state index < -0.39 is 10.0 Å². The Labute approximate surface area is 193 Å². The number of hydrogen-bond donors (Lipinski definition) is 1. The van der Waals surface area contributed by atoms with Gasteiger partial charge in [0, 0.05) is 30.3 Å². The first kappa shape index (κ1) is 22.7. The second-order valence-corrected chi connectivity index (χ2v) is 9.48. The SMILES string of the molecule is CCN(CC)S(=O)(=O)c1ccc(C(=O)NCc2cc(-c3ccc4ccccc4c3)on2)cc1. The van der Waals surface area contributed by atoms with Crippen molar-refractivity contribution in [2.75, 3.05) is 13.1 Å². The van der Waals surface area contributed by atoms with Gasteiger partial charge in [0.25, 0.3) is 5.91 Å². The van der Waals surface area contributed by atoms with Gasteiger partial charge in [-0.2, -0.15) is 4.31 Å². The number of benzene rings is 3. The maximum atomic E-state index is 12.6. The third-order valence-corrected chi connectivity index (χ3v) is 7.55. The van der Waals surface area contributed by atoms with Crippen LogP contribution in [0.2, 0.25) is 0 Å². The summed E-state index contributed by atoms with van der Waals surface area (Å²) >= 11 is 0. The van der Waals surface area contributed by atoms with Crippen LogP contribution >= 0.6 is 0 Å². The summed E-state index contributed by atoms with van der Waals surface area (Å²) in [5.74, 6) is 0.299. The molecule has 170 valence electrons. The van der Waals surface area contributed by atoms with Gasteiger partial charge in [0.05, 0.1) is 11.4 Å². The molecule has 4 aromatic rings. The van der Waals surface area contributed by atoms with Gasteiger partial charge in [0.1, 0.15) is 5.69 Å². The Bertz CT molecular complexity index is 1370. The van der Waals surface area contributed by atoms with Gasteiger partial charge < -0.3 is 9.84 Å². The van der Waals surface area contributed by atoms with Gasteiger partial charge >= 0.3 is 0 Å². The predicted molar refractivity (Wildman–Crippen MR) is 127 cm³/mol. The standard InChI is InChI=1S/C25H25N3O4S/c1-3-28(4-2)33(30,31)23-13-11-19(12-14-23)25(29)26-17-22-16-24(32-27-22)21-10-9-18-7-5-6-8-20(18)15-21/h5-16H,3-4,17H2,1-2H3,(H,26,29). The van der Waals surface area contributed by atoms with Gasteiger partial charge in [0.15, 0.2) is 5.76 Å². The van der Waals surface area contributed by atoms with Gasteiger partial charge in [-0.3, -0.25) is 4.79 Å². The summed E-state index contributed by atoms with van der Waals surface area (Å²) in [4.78, 5) is 12.7. The molecule has 0 fully saturated rings. The average molecular weight is 464 g/mol. The molecule has 33 heavy (non-hydrogen) atoms. The van der Waals surface area contributed by atoms with Crippen LogP contribution in [0.15, 0.2) is 82.2 Å². The van der Waals surface area contributed by atoms with Crippen LogP contribution in [0.4, 0.5) is 0 Å². The number of sulfonamides is 1. The third kappa shape index (κ3) is 4.81. The van der Waals surface area contributed by atoms with Crippen LogP contribution in [0.5, 0.6) is 0 Å². The maximum Gasteiger partial charge on any atom is 0.251 e. The van der Waals surface area contributed by atoms with Crippen LogP contribution in [0.1, 0.15) is 29.9 Å². The number of rotatable bonds is 8. The van der Waals surface area contributed by atoms with E-state index in [1.165, 1.54) is 28.6 Å². The molecule has 0 bridgehead atoms. The van der Waals surface area contributed by atoms with E-state index in [9.17, 15) is 13.2 Å². The molecule has 1 N–H and O–H groups in total. The van der Waals surface area contributed by atoms with Gasteiger partial charge in [-0.1, -0.05) is 55.4 Å². The summed E-state index contributed by atoms with van der Waals surface area (Å²) in [5, 5.41) is 9.09. The van der Waals surface area contributed by atoms with Crippen LogP contribution in [-0.2, 0) is 16.6 Å². The number of hydrogen-bond acceptors (Lipinski definition) is 5. The highest BCUT2D eigenvalue weighted by Crippen LogP contribution is 2.25. The molecule has 0 aliphatic rings. The molecule has 0 saturated carbocycles. The first-order chi connectivity index (χ1) is 15.9. The Balaban J connectivity index is 1.41. The average Bonchev–Trinajstić information content (AvgIpc) is 3.32. The topological polar surface area (TPSA) is 92.5 Å². The number of carbonyl (C=O) groups excluding carboxylic acids is 1. The van der Waals surface area contributed by atoms with Crippen LogP contribution in [0.25, 0.3) is 22.1 Å². The normalized spacial score (nSPS) is 11.7. The molecule has 1 amide bonds. The van der Waals surface area contributed by atoms with E-state index in [2.05, 4.69) is 10.5 Å². The van der Waals surface area contributed by atoms with Gasteiger partial charge in [-0.05, 0) is 41.1 Å². The Morgan fingerprint density at radius 2 is 1.64 bits per heavy atom. The minimum Gasteiger partial charge on any atom is -0.356 e. The predicted octanol–water partition coefficient (Wildman–Crippen LogP) is 4.46. The quantitative estimate of drug-likeness (QED) is 0.417. The van der Waals surface area contributed by atoms with Gasteiger partial charge in [-0.15, -0.1) is 0 Å². The number of nitrogens with one attached hydrogen (secondary N) is 1. The molecular formula is C25H25N3O4S. The third-order valence-electron chi connectivity index (χ3n) is 5.48. The fourth-order valence-electron chi connectivity index (χ4n) is 3.64. The Hall–Kier alpha value is -3.49. The number of aromatic nitrogens is 1. The van der Waals surface area contributed by atoms with Crippen LogP contribution in [0, 0.1) is 0 Å². The molecule has 0 spiro atoms. The first-order valence-electron chi connectivity index (χ1n) is 10.8. The molecular weight excluding hydrogens is 438 g/mol. The lowest BCUT2D eigenvalue weighted by Crippen LogP contribution is -2.30. The van der Waals surface area contributed by atoms with Crippen molar-refractivity contribution in [3.05, 3.63) is 84.1 Å². The summed E-state index contributed by atoms with van der Waals surface area (Å²) < 4.78 is 32.0. The summed E-state index contributed by atoms with van der Waals surface area (Å²) in [6, 6.07) is 21.8. The molecule has 0 atom stereocenters. The van der Waals surface area contributed by atoms with Crippen molar-refractivity contribution in [3.8, 4) is 11.3 Å². The summed E-state index contributed by atoms with van der Waals surface area (Å²) in [6.07, 6.45) is 0. The molecule has 0 aliphatic carbocycles. The van der Waals surface area contributed by atoms with Crippen molar-refractivity contribution in [2.24, 2.45) is 0 Å². The summed E-state index contributed by atoms with van der Waals surface area (Å²) in [7, 11) is -3.56. The highest BCUT2D eigenvalue weighted by atomic mass is 32.2. The lowest BCUT2D eigenvalue weighted by molar-refractivity contribution is 0.0950. The van der Waals surface area contributed by atoms with E-state index in [4.69, 9.17) is 4.52 Å². The van der Waals surface area contributed by atoms with E-state index in [1.54, 1.807) is 19.9 Å². The fourth-order valence-corrected chi connectivity index (χ4v) is 5.10. The monoisotopic (exact) mass is 463 g/mol. The number of carbonyl (C=O) groups is 1. The second kappa shape index (κ2) is 9.56. The van der Waals surface area contributed by atoms with E-state index in [1.807, 2.05) is 42.5 Å². The molecule has 0 radical (unpaired) electrons. The van der Waals surface area contributed by atoms with Crippen LogP contribution in [-0.4, -0.2) is 36.9 Å². The van der Waals surface area contributed by atoms with Crippen molar-refractivity contribution in [1.29, 1.82) is 0 Å². The van der Waals surface area contributed by atoms with Gasteiger partial charge in [0.2, 0.25) is 10.0 Å². The molecule has 3 aromatic carbocycles. The Morgan fingerprint density at radius 3 is 2.33 bits per heavy atom. The highest BCUT2D eigenvalue weighted by molar-refractivity contribution is 7.89. The maximum absolute atomic E-state index is 12.6. The van der Waals surface area contributed by atoms with Crippen molar-refractivity contribution in [3.63, 3.8) is 0 Å². The molecule has 0 saturated heterocycles. The van der Waals surface area contributed by atoms with E-state index >= 15 is 0 Å². The minimum absolute atomic E-state index is 0.166. The van der Waals surface area contributed by atoms with E-state index in [-0.39, 0.29) is 17.3 Å². The second-order valence-electron chi connectivity index (χ2n) is 7.54. The van der Waals surface area contributed by atoms with E-state index in [0.717, 1.165) is 16.3 Å². The summed E-state index contributed by atoms with van der Waals surface area (Å²) in [5.41, 5.74) is 1.86. The molecule has 4 rings (SSSR count). The van der Waals surface area contributed by atoms with E-state index in [0.29, 0.717) is 30.1 Å². The molecule has 0 unspecified atom stereocenters. The minimum atomic E-state index is -3.56. The summed E-state index contributed by atoms with van der Waals surface area (Å²) in [6.45, 7) is 4.55. The molecule has 1 heterocycles. The zero-order valence-electron chi connectivity index (χ0n) is 18.5. The Kier molecular flexibility index (Phi) is 6.57. The molecule has 1 aromatic heterocycles. The number of nitrogens with zero attached hydrogens (tertiary/aromatic N) is 2. The fraction of sp³-hybridized carbons (Fsp3) is 0.200. The Morgan fingerprint density at radius 1 is 0.939 bits per heavy atom. The van der Waals surface area contributed by atoms with Crippen LogP contribution in [0.3, 0.4) is 0 Å². The first-order valence-corrected chi connectivity index (χ1v) is 12.2. The molecule has 7 nitrogen and oxygen atoms in total. The lowest BCUT2D eigenvalue weighted by atomic mass is 10.1. The number of fused-ring (bicyclic) bond motifs is 1. The van der Waals surface area contributed by atoms with Crippen molar-refractivity contribution in [2.45, 2.75) is 25.3 Å². The molecule has 8 heteroatoms. The zero-order chi connectivity index (χ0) is 23.4. The van der Waals surface area contributed by atoms with Crippen LogP contribution < -0.4 is 5.32 Å². The van der Waals surface area contributed by atoms with Crippen molar-refractivity contribution < 1.29 is 17.7 Å². The zero-order valence-corrected chi connectivity index (χ0v) is 19.3. The van der Waals surface area contributed by atoms with Crippen molar-refractivity contribution >= 4 is 26.7 Å². The highest BCUT2D eigenvalue weighted by Gasteiger charge is 2.21. The largest absolute Gasteiger partial charge is 0.356 e. The lowest BCUT2D eigenvalue weighted by Gasteiger charge is -2.18. The smallest absolute Gasteiger partial charge is 0.251 e. The van der Waals surface area contributed by atoms with Crippen molar-refractivity contribution in [1.82, 2.24) is 14.8 Å². The molecule has 0 aliphatic heterocycles.